The summed E-state index contributed by atoms with van der Waals surface area (Å²) in [5.41, 5.74) is 0.813. The van der Waals surface area contributed by atoms with Gasteiger partial charge in [-0.15, -0.1) is 0 Å². The van der Waals surface area contributed by atoms with E-state index in [9.17, 15) is 4.79 Å². The van der Waals surface area contributed by atoms with Crippen LogP contribution in [0.2, 0.25) is 0 Å². The second-order valence-corrected chi connectivity index (χ2v) is 7.33. The van der Waals surface area contributed by atoms with Crippen LogP contribution in [0.4, 0.5) is 0 Å². The predicted molar refractivity (Wildman–Crippen MR) is 91.8 cm³/mol. The van der Waals surface area contributed by atoms with Crippen molar-refractivity contribution in [1.82, 2.24) is 4.90 Å². The number of rotatable bonds is 7. The molecule has 0 unspecified atom stereocenters. The average molecular weight is 352 g/mol. The van der Waals surface area contributed by atoms with E-state index in [0.29, 0.717) is 18.4 Å². The fourth-order valence-corrected chi connectivity index (χ4v) is 3.73. The molecular weight excluding hydrogens is 326 g/mol. The van der Waals surface area contributed by atoms with Gasteiger partial charge in [-0.25, -0.2) is 0 Å². The van der Waals surface area contributed by atoms with Crippen molar-refractivity contribution in [3.63, 3.8) is 0 Å². The number of carbonyl (C=O) groups excluding carboxylic acids is 1. The molecule has 2 rings (SSSR count). The summed E-state index contributed by atoms with van der Waals surface area (Å²) < 4.78 is 0.909. The van der Waals surface area contributed by atoms with E-state index >= 15 is 0 Å². The van der Waals surface area contributed by atoms with Gasteiger partial charge in [0.1, 0.15) is 0 Å². The number of Topliss-reactive ketones (excluding diaryl/α,β-unsaturated/α-hetero) is 1. The first-order valence-corrected chi connectivity index (χ1v) is 8.89. The molecule has 0 saturated heterocycles. The molecule has 1 fully saturated rings. The van der Waals surface area contributed by atoms with Crippen molar-refractivity contribution < 1.29 is 4.79 Å². The van der Waals surface area contributed by atoms with E-state index in [-0.39, 0.29) is 5.78 Å². The van der Waals surface area contributed by atoms with Gasteiger partial charge in [-0.1, -0.05) is 60.8 Å². The van der Waals surface area contributed by atoms with E-state index < -0.39 is 0 Å². The number of benzene rings is 1. The van der Waals surface area contributed by atoms with Crippen molar-refractivity contribution in [1.29, 1.82) is 0 Å². The maximum Gasteiger partial charge on any atom is 0.165 e. The summed E-state index contributed by atoms with van der Waals surface area (Å²) in [6, 6.07) is 8.43. The third-order valence-electron chi connectivity index (χ3n) is 4.24. The molecule has 1 aliphatic carbocycles. The molecule has 0 amide bonds. The van der Waals surface area contributed by atoms with Gasteiger partial charge in [0, 0.05) is 35.6 Å². The van der Waals surface area contributed by atoms with E-state index in [4.69, 9.17) is 0 Å². The zero-order valence-electron chi connectivity index (χ0n) is 13.1. The van der Waals surface area contributed by atoms with Gasteiger partial charge in [-0.2, -0.15) is 0 Å². The third kappa shape index (κ3) is 4.93. The SMILES string of the molecule is CC(C)CN(CCC(=O)c1ccccc1Br)C1CCCC1. The molecular formula is C18H26BrNO. The number of hydrogen-bond acceptors (Lipinski definition) is 2. The Morgan fingerprint density at radius 1 is 1.29 bits per heavy atom. The second-order valence-electron chi connectivity index (χ2n) is 6.48. The third-order valence-corrected chi connectivity index (χ3v) is 4.93. The Morgan fingerprint density at radius 2 is 1.95 bits per heavy atom. The molecule has 0 radical (unpaired) electrons. The Kier molecular flexibility index (Phi) is 6.43. The molecule has 1 aliphatic rings. The molecule has 2 nitrogen and oxygen atoms in total. The molecule has 3 heteroatoms. The predicted octanol–water partition coefficient (Wildman–Crippen LogP) is 4.92. The van der Waals surface area contributed by atoms with Crippen molar-refractivity contribution in [3.05, 3.63) is 34.3 Å². The van der Waals surface area contributed by atoms with E-state index in [1.54, 1.807) is 0 Å². The first kappa shape index (κ1) is 16.7. The zero-order valence-corrected chi connectivity index (χ0v) is 14.7. The lowest BCUT2D eigenvalue weighted by Crippen LogP contribution is -2.37. The van der Waals surface area contributed by atoms with E-state index in [1.165, 1.54) is 25.7 Å². The summed E-state index contributed by atoms with van der Waals surface area (Å²) in [6.07, 6.45) is 5.91. The number of hydrogen-bond donors (Lipinski definition) is 0. The van der Waals surface area contributed by atoms with Crippen LogP contribution in [-0.4, -0.2) is 29.8 Å². The molecule has 0 spiro atoms. The highest BCUT2D eigenvalue weighted by molar-refractivity contribution is 9.10. The lowest BCUT2D eigenvalue weighted by atomic mass is 10.1. The molecule has 0 aromatic heterocycles. The monoisotopic (exact) mass is 351 g/mol. The molecule has 0 atom stereocenters. The number of ketones is 1. The summed E-state index contributed by atoms with van der Waals surface area (Å²) in [5, 5.41) is 0. The normalized spacial score (nSPS) is 16.0. The topological polar surface area (TPSA) is 20.3 Å². The van der Waals surface area contributed by atoms with Gasteiger partial charge in [0.25, 0.3) is 0 Å². The quantitative estimate of drug-likeness (QED) is 0.649. The van der Waals surface area contributed by atoms with Crippen LogP contribution >= 0.6 is 15.9 Å². The van der Waals surface area contributed by atoms with Gasteiger partial charge in [-0.3, -0.25) is 9.69 Å². The molecule has 21 heavy (non-hydrogen) atoms. The largest absolute Gasteiger partial charge is 0.300 e. The van der Waals surface area contributed by atoms with Crippen LogP contribution in [-0.2, 0) is 0 Å². The van der Waals surface area contributed by atoms with E-state index in [1.807, 2.05) is 24.3 Å². The minimum atomic E-state index is 0.245. The van der Waals surface area contributed by atoms with Crippen LogP contribution in [0, 0.1) is 5.92 Å². The minimum Gasteiger partial charge on any atom is -0.300 e. The van der Waals surface area contributed by atoms with Crippen LogP contribution in [0.1, 0.15) is 56.3 Å². The molecule has 0 heterocycles. The highest BCUT2D eigenvalue weighted by Crippen LogP contribution is 2.25. The molecule has 0 aliphatic heterocycles. The van der Waals surface area contributed by atoms with Gasteiger partial charge < -0.3 is 0 Å². The Bertz CT molecular complexity index is 466. The number of halogens is 1. The summed E-state index contributed by atoms with van der Waals surface area (Å²) >= 11 is 3.48. The molecule has 0 bridgehead atoms. The van der Waals surface area contributed by atoms with Crippen LogP contribution in [0.3, 0.4) is 0 Å². The fourth-order valence-electron chi connectivity index (χ4n) is 3.23. The minimum absolute atomic E-state index is 0.245. The highest BCUT2D eigenvalue weighted by Gasteiger charge is 2.23. The summed E-state index contributed by atoms with van der Waals surface area (Å²) in [4.78, 5) is 15.0. The smallest absolute Gasteiger partial charge is 0.165 e. The van der Waals surface area contributed by atoms with Crippen molar-refractivity contribution in [2.75, 3.05) is 13.1 Å². The van der Waals surface area contributed by atoms with Crippen LogP contribution in [0.25, 0.3) is 0 Å². The standard InChI is InChI=1S/C18H26BrNO/c1-14(2)13-20(15-7-3-4-8-15)12-11-18(21)16-9-5-6-10-17(16)19/h5-6,9-10,14-15H,3-4,7-8,11-13H2,1-2H3. The molecule has 0 N–H and O–H groups in total. The summed E-state index contributed by atoms with van der Waals surface area (Å²) in [7, 11) is 0. The zero-order chi connectivity index (χ0) is 15.2. The lowest BCUT2D eigenvalue weighted by Gasteiger charge is -2.30. The summed E-state index contributed by atoms with van der Waals surface area (Å²) in [6.45, 7) is 6.52. The van der Waals surface area contributed by atoms with Gasteiger partial charge in [0.2, 0.25) is 0 Å². The molecule has 1 aromatic carbocycles. The first-order valence-electron chi connectivity index (χ1n) is 8.09. The summed E-state index contributed by atoms with van der Waals surface area (Å²) in [5.74, 6) is 0.901. The Labute approximate surface area is 137 Å². The fraction of sp³-hybridized carbons (Fsp3) is 0.611. The van der Waals surface area contributed by atoms with Crippen LogP contribution in [0.5, 0.6) is 0 Å². The lowest BCUT2D eigenvalue weighted by molar-refractivity contribution is 0.0942. The van der Waals surface area contributed by atoms with Gasteiger partial charge in [-0.05, 0) is 24.8 Å². The number of nitrogens with zero attached hydrogens (tertiary/aromatic N) is 1. The maximum atomic E-state index is 12.4. The Balaban J connectivity index is 1.94. The molecule has 1 aromatic rings. The van der Waals surface area contributed by atoms with Gasteiger partial charge in [0.05, 0.1) is 0 Å². The van der Waals surface area contributed by atoms with Crippen molar-refractivity contribution >= 4 is 21.7 Å². The van der Waals surface area contributed by atoms with Crippen LogP contribution in [0.15, 0.2) is 28.7 Å². The molecule has 1 saturated carbocycles. The maximum absolute atomic E-state index is 12.4. The first-order chi connectivity index (χ1) is 10.1. The highest BCUT2D eigenvalue weighted by atomic mass is 79.9. The van der Waals surface area contributed by atoms with Crippen molar-refractivity contribution in [2.24, 2.45) is 5.92 Å². The van der Waals surface area contributed by atoms with Crippen molar-refractivity contribution in [2.45, 2.75) is 52.0 Å². The second kappa shape index (κ2) is 8.09. The average Bonchev–Trinajstić information content (AvgIpc) is 2.97. The van der Waals surface area contributed by atoms with E-state index in [0.717, 1.165) is 23.1 Å². The Hall–Kier alpha value is -0.670. The number of carbonyl (C=O) groups is 1. The molecule has 116 valence electrons. The van der Waals surface area contributed by atoms with Crippen molar-refractivity contribution in [3.8, 4) is 0 Å². The van der Waals surface area contributed by atoms with Crippen LogP contribution < -0.4 is 0 Å². The van der Waals surface area contributed by atoms with Gasteiger partial charge in [0.15, 0.2) is 5.78 Å². The Morgan fingerprint density at radius 3 is 2.57 bits per heavy atom. The van der Waals surface area contributed by atoms with Gasteiger partial charge >= 0.3 is 0 Å². The van der Waals surface area contributed by atoms with E-state index in [2.05, 4.69) is 34.7 Å².